The number of carbonyl (C=O) groups excluding carboxylic acids is 1. The van der Waals surface area contributed by atoms with Crippen LogP contribution in [0.25, 0.3) is 0 Å². The van der Waals surface area contributed by atoms with Gasteiger partial charge in [-0.1, -0.05) is 0 Å². The van der Waals surface area contributed by atoms with E-state index in [-0.39, 0.29) is 36.6 Å². The van der Waals surface area contributed by atoms with Gasteiger partial charge in [0.05, 0.1) is 18.9 Å². The number of thioether (sulfide) groups is 1. The molecule has 0 radical (unpaired) electrons. The van der Waals surface area contributed by atoms with E-state index in [0.29, 0.717) is 12.8 Å². The molecule has 0 saturated carbocycles. The van der Waals surface area contributed by atoms with Crippen molar-refractivity contribution in [3.63, 3.8) is 0 Å². The summed E-state index contributed by atoms with van der Waals surface area (Å²) in [5, 5.41) is 9.09. The van der Waals surface area contributed by atoms with Crippen LogP contribution in [0.2, 0.25) is 0 Å². The van der Waals surface area contributed by atoms with Crippen LogP contribution in [-0.2, 0) is 24.5 Å². The Labute approximate surface area is 127 Å². The Hall–Kier alpha value is -0.840. The van der Waals surface area contributed by atoms with Gasteiger partial charge >= 0.3 is 11.9 Å². The molecule has 0 aromatic carbocycles. The zero-order valence-electron chi connectivity index (χ0n) is 11.6. The maximum Gasteiger partial charge on any atom is 0.322 e. The number of aliphatic carboxylic acids is 1. The molecule has 2 heterocycles. The Morgan fingerprint density at radius 1 is 1.29 bits per heavy atom. The highest BCUT2D eigenvalue weighted by Crippen LogP contribution is 2.29. The molecule has 0 bridgehead atoms. The smallest absolute Gasteiger partial charge is 0.322 e. The van der Waals surface area contributed by atoms with Gasteiger partial charge in [0.1, 0.15) is 6.04 Å². The van der Waals surface area contributed by atoms with E-state index in [1.165, 1.54) is 23.2 Å². The van der Waals surface area contributed by atoms with Crippen LogP contribution in [0, 0.1) is 5.92 Å². The highest BCUT2D eigenvalue weighted by atomic mass is 32.2. The third kappa shape index (κ3) is 3.33. The summed E-state index contributed by atoms with van der Waals surface area (Å²) in [5.41, 5.74) is 0. The van der Waals surface area contributed by atoms with Crippen LogP contribution in [0.5, 0.6) is 0 Å². The van der Waals surface area contributed by atoms with Crippen LogP contribution in [-0.4, -0.2) is 71.9 Å². The number of carboxylic acid groups (broad SMARTS) is 1. The summed E-state index contributed by atoms with van der Waals surface area (Å²) >= 11 is 1.28. The summed E-state index contributed by atoms with van der Waals surface area (Å²) < 4.78 is 32.0. The van der Waals surface area contributed by atoms with E-state index in [1.54, 1.807) is 0 Å². The Morgan fingerprint density at radius 2 is 1.90 bits per heavy atom. The van der Waals surface area contributed by atoms with Crippen LogP contribution >= 0.6 is 11.8 Å². The summed E-state index contributed by atoms with van der Waals surface area (Å²) in [7, 11) is -2.49. The van der Waals surface area contributed by atoms with E-state index < -0.39 is 22.2 Å². The minimum Gasteiger partial charge on any atom is -0.480 e. The number of piperidine rings is 1. The molecule has 2 aliphatic heterocycles. The Morgan fingerprint density at radius 3 is 2.43 bits per heavy atom. The maximum atomic E-state index is 12.5. The first-order valence-corrected chi connectivity index (χ1v) is 9.08. The predicted octanol–water partition coefficient (Wildman–Crippen LogP) is -0.424. The maximum absolute atomic E-state index is 12.5. The van der Waals surface area contributed by atoms with Crippen molar-refractivity contribution in [3.05, 3.63) is 0 Å². The second kappa shape index (κ2) is 6.51. The molecule has 0 amide bonds. The lowest BCUT2D eigenvalue weighted by atomic mass is 9.99. The van der Waals surface area contributed by atoms with Gasteiger partial charge in [-0.25, -0.2) is 0 Å². The Bertz CT molecular complexity index is 515. The molecule has 2 aliphatic rings. The van der Waals surface area contributed by atoms with Gasteiger partial charge in [-0.05, 0) is 12.8 Å². The van der Waals surface area contributed by atoms with Gasteiger partial charge in [-0.15, -0.1) is 11.8 Å². The lowest BCUT2D eigenvalue weighted by Gasteiger charge is -2.33. The number of hydrogen-bond acceptors (Lipinski definition) is 6. The molecular formula is C11H18N2O6S2. The second-order valence-electron chi connectivity index (χ2n) is 4.95. The topological polar surface area (TPSA) is 104 Å². The zero-order chi connectivity index (χ0) is 15.6. The van der Waals surface area contributed by atoms with Gasteiger partial charge in [-0.2, -0.15) is 17.0 Å². The van der Waals surface area contributed by atoms with Crippen molar-refractivity contribution in [1.29, 1.82) is 0 Å². The Balaban J connectivity index is 2.05. The van der Waals surface area contributed by atoms with Crippen LogP contribution in [0.1, 0.15) is 12.8 Å². The summed E-state index contributed by atoms with van der Waals surface area (Å²) in [6.07, 6.45) is 0.787. The van der Waals surface area contributed by atoms with Crippen molar-refractivity contribution < 1.29 is 27.9 Å². The highest BCUT2D eigenvalue weighted by molar-refractivity contribution is 8.00. The van der Waals surface area contributed by atoms with E-state index >= 15 is 0 Å². The third-order valence-electron chi connectivity index (χ3n) is 3.74. The van der Waals surface area contributed by atoms with E-state index in [0.717, 1.165) is 4.31 Å². The molecule has 2 fully saturated rings. The lowest BCUT2D eigenvalue weighted by Crippen LogP contribution is -2.51. The number of carboxylic acids is 1. The van der Waals surface area contributed by atoms with Crippen molar-refractivity contribution in [1.82, 2.24) is 8.61 Å². The molecular weight excluding hydrogens is 320 g/mol. The molecule has 1 N–H and O–H groups in total. The minimum atomic E-state index is -3.80. The summed E-state index contributed by atoms with van der Waals surface area (Å²) in [6.45, 7) is 0.408. The van der Waals surface area contributed by atoms with Gasteiger partial charge in [0.15, 0.2) is 0 Å². The van der Waals surface area contributed by atoms with Crippen molar-refractivity contribution in [2.24, 2.45) is 5.92 Å². The molecule has 0 unspecified atom stereocenters. The average molecular weight is 338 g/mol. The molecule has 0 aliphatic carbocycles. The summed E-state index contributed by atoms with van der Waals surface area (Å²) in [6, 6.07) is -1.02. The second-order valence-corrected chi connectivity index (χ2v) is 7.83. The first-order valence-electron chi connectivity index (χ1n) is 6.53. The fourth-order valence-corrected chi connectivity index (χ4v) is 5.80. The molecule has 0 spiro atoms. The van der Waals surface area contributed by atoms with Crippen LogP contribution in [0.15, 0.2) is 0 Å². The van der Waals surface area contributed by atoms with Gasteiger partial charge in [0, 0.05) is 18.8 Å². The lowest BCUT2D eigenvalue weighted by molar-refractivity contribution is -0.146. The fraction of sp³-hybridized carbons (Fsp3) is 0.818. The quantitative estimate of drug-likeness (QED) is 0.694. The molecule has 21 heavy (non-hydrogen) atoms. The Kier molecular flexibility index (Phi) is 5.12. The fourth-order valence-electron chi connectivity index (χ4n) is 2.49. The van der Waals surface area contributed by atoms with Gasteiger partial charge in [0.25, 0.3) is 10.2 Å². The average Bonchev–Trinajstić information content (AvgIpc) is 2.97. The number of rotatable bonds is 4. The van der Waals surface area contributed by atoms with Gasteiger partial charge in [-0.3, -0.25) is 9.59 Å². The summed E-state index contributed by atoms with van der Waals surface area (Å²) in [4.78, 5) is 22.6. The van der Waals surface area contributed by atoms with E-state index in [2.05, 4.69) is 4.74 Å². The first-order chi connectivity index (χ1) is 9.87. The molecule has 0 aromatic rings. The molecule has 2 saturated heterocycles. The molecule has 120 valence electrons. The normalized spacial score (nSPS) is 25.9. The number of methoxy groups -OCH3 is 1. The molecule has 1 atom stereocenters. The van der Waals surface area contributed by atoms with Gasteiger partial charge in [0.2, 0.25) is 0 Å². The summed E-state index contributed by atoms with van der Waals surface area (Å²) in [5.74, 6) is -1.34. The minimum absolute atomic E-state index is 0.149. The molecule has 2 rings (SSSR count). The highest BCUT2D eigenvalue weighted by Gasteiger charge is 2.43. The first kappa shape index (κ1) is 16.5. The van der Waals surface area contributed by atoms with Crippen LogP contribution in [0.4, 0.5) is 0 Å². The molecule has 8 nitrogen and oxygen atoms in total. The largest absolute Gasteiger partial charge is 0.480 e. The van der Waals surface area contributed by atoms with Crippen molar-refractivity contribution in [2.45, 2.75) is 18.9 Å². The number of carbonyl (C=O) groups is 2. The molecule has 10 heteroatoms. The number of ether oxygens (including phenoxy) is 1. The SMILES string of the molecule is COC(=O)C1CCN(S(=O)(=O)N2CSC[C@H]2C(=O)O)CC1. The van der Waals surface area contributed by atoms with Crippen molar-refractivity contribution in [3.8, 4) is 0 Å². The standard InChI is InChI=1S/C11H18N2O6S2/c1-19-11(16)8-2-4-12(5-3-8)21(17,18)13-7-20-6-9(13)10(14)15/h8-9H,2-7H2,1H3,(H,14,15)/t9-/m0/s1. The molecule has 0 aromatic heterocycles. The van der Waals surface area contributed by atoms with Gasteiger partial charge < -0.3 is 9.84 Å². The monoisotopic (exact) mass is 338 g/mol. The van der Waals surface area contributed by atoms with Crippen molar-refractivity contribution >= 4 is 33.9 Å². The van der Waals surface area contributed by atoms with Crippen LogP contribution in [0.3, 0.4) is 0 Å². The van der Waals surface area contributed by atoms with E-state index in [1.807, 2.05) is 0 Å². The van der Waals surface area contributed by atoms with E-state index in [9.17, 15) is 18.0 Å². The number of hydrogen-bond donors (Lipinski definition) is 1. The third-order valence-corrected chi connectivity index (χ3v) is 6.91. The number of nitrogens with zero attached hydrogens (tertiary/aromatic N) is 2. The van der Waals surface area contributed by atoms with Crippen molar-refractivity contribution in [2.75, 3.05) is 31.8 Å². The zero-order valence-corrected chi connectivity index (χ0v) is 13.2. The number of esters is 1. The van der Waals surface area contributed by atoms with Crippen LogP contribution < -0.4 is 0 Å². The van der Waals surface area contributed by atoms with E-state index in [4.69, 9.17) is 5.11 Å². The predicted molar refractivity (Wildman–Crippen MR) is 75.8 cm³/mol.